The van der Waals surface area contributed by atoms with E-state index in [9.17, 15) is 0 Å². The van der Waals surface area contributed by atoms with Crippen molar-refractivity contribution in [2.75, 3.05) is 31.1 Å². The molecular weight excluding hydrogens is 350 g/mol. The largest absolute Gasteiger partial charge is 0.351 e. The third-order valence-electron chi connectivity index (χ3n) is 5.52. The number of hydrogen-bond donors (Lipinski definition) is 1. The highest BCUT2D eigenvalue weighted by atomic mass is 35.5. The first-order valence-corrected chi connectivity index (χ1v) is 9.41. The zero-order valence-electron chi connectivity index (χ0n) is 14.6. The predicted molar refractivity (Wildman–Crippen MR) is 101 cm³/mol. The molecule has 2 aliphatic heterocycles. The summed E-state index contributed by atoms with van der Waals surface area (Å²) in [5, 5.41) is 17.1. The maximum atomic E-state index is 6.36. The first kappa shape index (κ1) is 16.0. The standard InChI is InChI=1S/C18H20ClN7/c1-11-14-9-12(4-5-15(14)22-21-11)17-20-18(16(19)23-24-17)26-8-7-25-6-2-3-13(25)10-26/h4-5,9,13H,2-3,6-8,10H2,1H3,(H,21,22). The quantitative estimate of drug-likeness (QED) is 0.748. The van der Waals surface area contributed by atoms with Crippen LogP contribution in [0.4, 0.5) is 5.82 Å². The number of halogens is 1. The number of aryl methyl sites for hydroxylation is 1. The number of anilines is 1. The number of fused-ring (bicyclic) bond motifs is 2. The van der Waals surface area contributed by atoms with E-state index in [1.165, 1.54) is 19.4 Å². The minimum Gasteiger partial charge on any atom is -0.351 e. The van der Waals surface area contributed by atoms with Crippen molar-refractivity contribution in [1.29, 1.82) is 0 Å². The van der Waals surface area contributed by atoms with Crippen LogP contribution < -0.4 is 4.90 Å². The van der Waals surface area contributed by atoms with Gasteiger partial charge in [0.15, 0.2) is 16.8 Å². The van der Waals surface area contributed by atoms with E-state index in [2.05, 4.69) is 36.3 Å². The fourth-order valence-corrected chi connectivity index (χ4v) is 4.29. The zero-order chi connectivity index (χ0) is 17.7. The number of rotatable bonds is 2. The van der Waals surface area contributed by atoms with E-state index in [4.69, 9.17) is 16.6 Å². The van der Waals surface area contributed by atoms with Gasteiger partial charge in [-0.1, -0.05) is 11.6 Å². The van der Waals surface area contributed by atoms with Gasteiger partial charge in [0, 0.05) is 42.3 Å². The van der Waals surface area contributed by atoms with E-state index < -0.39 is 0 Å². The third-order valence-corrected chi connectivity index (χ3v) is 5.76. The zero-order valence-corrected chi connectivity index (χ0v) is 15.4. The highest BCUT2D eigenvalue weighted by Gasteiger charge is 2.32. The van der Waals surface area contributed by atoms with Gasteiger partial charge in [-0.3, -0.25) is 10.00 Å². The molecule has 0 saturated carbocycles. The van der Waals surface area contributed by atoms with Crippen molar-refractivity contribution in [2.24, 2.45) is 0 Å². The molecule has 8 heteroatoms. The Balaban J connectivity index is 1.50. The van der Waals surface area contributed by atoms with Gasteiger partial charge < -0.3 is 4.90 Å². The third kappa shape index (κ3) is 2.62. The van der Waals surface area contributed by atoms with Crippen LogP contribution >= 0.6 is 11.6 Å². The Morgan fingerprint density at radius 2 is 2.12 bits per heavy atom. The minimum atomic E-state index is 0.376. The average Bonchev–Trinajstić information content (AvgIpc) is 3.28. The summed E-state index contributed by atoms with van der Waals surface area (Å²) in [4.78, 5) is 9.60. The van der Waals surface area contributed by atoms with Crippen molar-refractivity contribution in [3.63, 3.8) is 0 Å². The second kappa shape index (κ2) is 6.17. The summed E-state index contributed by atoms with van der Waals surface area (Å²) in [7, 11) is 0. The molecule has 2 saturated heterocycles. The average molecular weight is 370 g/mol. The van der Waals surface area contributed by atoms with E-state index in [0.29, 0.717) is 17.0 Å². The van der Waals surface area contributed by atoms with Crippen LogP contribution in [-0.2, 0) is 0 Å². The number of piperazine rings is 1. The van der Waals surface area contributed by atoms with E-state index in [1.807, 2.05) is 19.1 Å². The molecule has 1 aromatic carbocycles. The van der Waals surface area contributed by atoms with Gasteiger partial charge in [0.1, 0.15) is 0 Å². The van der Waals surface area contributed by atoms with Gasteiger partial charge in [-0.2, -0.15) is 5.10 Å². The van der Waals surface area contributed by atoms with Crippen molar-refractivity contribution >= 4 is 28.3 Å². The Labute approximate surface area is 156 Å². The molecule has 2 aliphatic rings. The van der Waals surface area contributed by atoms with Crippen molar-refractivity contribution in [3.05, 3.63) is 29.0 Å². The maximum absolute atomic E-state index is 6.36. The van der Waals surface area contributed by atoms with Crippen LogP contribution in [0.25, 0.3) is 22.3 Å². The first-order chi connectivity index (χ1) is 12.7. The van der Waals surface area contributed by atoms with Crippen LogP contribution in [0.3, 0.4) is 0 Å². The summed E-state index contributed by atoms with van der Waals surface area (Å²) < 4.78 is 0. The molecule has 7 nitrogen and oxygen atoms in total. The predicted octanol–water partition coefficient (Wildman–Crippen LogP) is 2.66. The normalized spacial score (nSPS) is 20.7. The summed E-state index contributed by atoms with van der Waals surface area (Å²) in [5.74, 6) is 1.34. The molecule has 4 heterocycles. The molecule has 0 aliphatic carbocycles. The van der Waals surface area contributed by atoms with E-state index in [-0.39, 0.29) is 0 Å². The topological polar surface area (TPSA) is 73.8 Å². The molecule has 1 N–H and O–H groups in total. The van der Waals surface area contributed by atoms with Crippen LogP contribution in [0.2, 0.25) is 5.15 Å². The molecule has 1 unspecified atom stereocenters. The molecule has 5 rings (SSSR count). The molecule has 134 valence electrons. The van der Waals surface area contributed by atoms with Gasteiger partial charge in [-0.25, -0.2) is 4.98 Å². The lowest BCUT2D eigenvalue weighted by molar-refractivity contribution is 0.230. The number of H-pyrrole nitrogens is 1. The second-order valence-electron chi connectivity index (χ2n) is 7.11. The maximum Gasteiger partial charge on any atom is 0.194 e. The van der Waals surface area contributed by atoms with Crippen molar-refractivity contribution in [3.8, 4) is 11.4 Å². The number of benzene rings is 1. The van der Waals surface area contributed by atoms with Gasteiger partial charge in [0.25, 0.3) is 0 Å². The Hall–Kier alpha value is -2.25. The Bertz CT molecular complexity index is 969. The molecule has 0 amide bonds. The molecule has 26 heavy (non-hydrogen) atoms. The van der Waals surface area contributed by atoms with E-state index >= 15 is 0 Å². The van der Waals surface area contributed by atoms with Crippen LogP contribution in [-0.4, -0.2) is 62.5 Å². The molecule has 1 atom stereocenters. The molecule has 0 spiro atoms. The Morgan fingerprint density at radius 3 is 3.04 bits per heavy atom. The van der Waals surface area contributed by atoms with Crippen LogP contribution in [0.15, 0.2) is 18.2 Å². The SMILES string of the molecule is Cc1[nH]nc2ccc(-c3nnc(Cl)c(N4CCN5CCCC5C4)n3)cc12. The molecule has 2 aromatic heterocycles. The van der Waals surface area contributed by atoms with Crippen molar-refractivity contribution in [1.82, 2.24) is 30.3 Å². The lowest BCUT2D eigenvalue weighted by Gasteiger charge is -2.38. The number of nitrogens with zero attached hydrogens (tertiary/aromatic N) is 6. The fraction of sp³-hybridized carbons (Fsp3) is 0.444. The van der Waals surface area contributed by atoms with E-state index in [0.717, 1.165) is 47.6 Å². The Morgan fingerprint density at radius 1 is 1.19 bits per heavy atom. The highest BCUT2D eigenvalue weighted by molar-refractivity contribution is 6.31. The fourth-order valence-electron chi connectivity index (χ4n) is 4.09. The molecule has 0 radical (unpaired) electrons. The lowest BCUT2D eigenvalue weighted by Crippen LogP contribution is -2.50. The highest BCUT2D eigenvalue weighted by Crippen LogP contribution is 2.30. The van der Waals surface area contributed by atoms with Crippen molar-refractivity contribution < 1.29 is 0 Å². The summed E-state index contributed by atoms with van der Waals surface area (Å²) >= 11 is 6.36. The lowest BCUT2D eigenvalue weighted by atomic mass is 10.1. The number of hydrogen-bond acceptors (Lipinski definition) is 6. The second-order valence-corrected chi connectivity index (χ2v) is 7.47. The van der Waals surface area contributed by atoms with Gasteiger partial charge in [-0.15, -0.1) is 10.2 Å². The molecule has 2 fully saturated rings. The van der Waals surface area contributed by atoms with Crippen molar-refractivity contribution in [2.45, 2.75) is 25.8 Å². The number of aromatic nitrogens is 5. The minimum absolute atomic E-state index is 0.376. The summed E-state index contributed by atoms with van der Waals surface area (Å²) in [5.41, 5.74) is 2.89. The summed E-state index contributed by atoms with van der Waals surface area (Å²) in [6.07, 6.45) is 2.53. The smallest absolute Gasteiger partial charge is 0.194 e. The first-order valence-electron chi connectivity index (χ1n) is 9.03. The molecule has 0 bridgehead atoms. The monoisotopic (exact) mass is 369 g/mol. The van der Waals surface area contributed by atoms with Crippen LogP contribution in [0.1, 0.15) is 18.5 Å². The van der Waals surface area contributed by atoms with Gasteiger partial charge in [-0.05, 0) is 44.5 Å². The van der Waals surface area contributed by atoms with E-state index in [1.54, 1.807) is 0 Å². The number of nitrogens with one attached hydrogen (secondary N) is 1. The van der Waals surface area contributed by atoms with Gasteiger partial charge >= 0.3 is 0 Å². The Kier molecular flexibility index (Phi) is 3.79. The summed E-state index contributed by atoms with van der Waals surface area (Å²) in [6.45, 7) is 6.16. The number of aromatic amines is 1. The summed E-state index contributed by atoms with van der Waals surface area (Å²) in [6, 6.07) is 6.61. The molecule has 3 aromatic rings. The van der Waals surface area contributed by atoms with Crippen LogP contribution in [0, 0.1) is 6.92 Å². The van der Waals surface area contributed by atoms with Crippen LogP contribution in [0.5, 0.6) is 0 Å². The molecular formula is C18H20ClN7. The van der Waals surface area contributed by atoms with Gasteiger partial charge in [0.05, 0.1) is 5.52 Å². The van der Waals surface area contributed by atoms with Gasteiger partial charge in [0.2, 0.25) is 0 Å².